The van der Waals surface area contributed by atoms with Crippen LogP contribution in [0.5, 0.6) is 0 Å². The largest absolute Gasteiger partial charge is 0.355 e. The predicted octanol–water partition coefficient (Wildman–Crippen LogP) is 2.14. The molecule has 1 aromatic heterocycles. The molecule has 1 unspecified atom stereocenters. The maximum absolute atomic E-state index is 12.2. The SMILES string of the molecule is CN(c1ccccc1)c1ccc(CN2CCCC(C(=O)NCCN)C2)cn1. The number of aromatic nitrogens is 1. The molecule has 0 spiro atoms. The maximum Gasteiger partial charge on any atom is 0.224 e. The number of nitrogens with zero attached hydrogens (tertiary/aromatic N) is 3. The van der Waals surface area contributed by atoms with Gasteiger partial charge in [0.15, 0.2) is 0 Å². The summed E-state index contributed by atoms with van der Waals surface area (Å²) in [6.07, 6.45) is 3.93. The highest BCUT2D eigenvalue weighted by atomic mass is 16.1. The van der Waals surface area contributed by atoms with Crippen LogP contribution in [-0.4, -0.2) is 49.0 Å². The molecule has 2 aromatic rings. The number of carbonyl (C=O) groups excluding carboxylic acids is 1. The molecule has 144 valence electrons. The number of pyridine rings is 1. The molecule has 3 rings (SSSR count). The third-order valence-corrected chi connectivity index (χ3v) is 5.02. The van der Waals surface area contributed by atoms with Crippen molar-refractivity contribution in [1.82, 2.24) is 15.2 Å². The van der Waals surface area contributed by atoms with Crippen molar-refractivity contribution in [3.05, 3.63) is 54.2 Å². The van der Waals surface area contributed by atoms with Gasteiger partial charge in [0.2, 0.25) is 5.91 Å². The minimum atomic E-state index is 0.0572. The normalized spacial score (nSPS) is 17.5. The van der Waals surface area contributed by atoms with Crippen LogP contribution in [0.3, 0.4) is 0 Å². The second-order valence-electron chi connectivity index (χ2n) is 7.07. The molecule has 1 aliphatic rings. The minimum absolute atomic E-state index is 0.0572. The van der Waals surface area contributed by atoms with Crippen molar-refractivity contribution in [2.75, 3.05) is 38.1 Å². The van der Waals surface area contributed by atoms with E-state index in [2.05, 4.69) is 44.4 Å². The summed E-state index contributed by atoms with van der Waals surface area (Å²) in [5.41, 5.74) is 7.75. The maximum atomic E-state index is 12.2. The number of hydrogen-bond donors (Lipinski definition) is 2. The third-order valence-electron chi connectivity index (χ3n) is 5.02. The Kier molecular flexibility index (Phi) is 6.79. The van der Waals surface area contributed by atoms with Crippen molar-refractivity contribution in [1.29, 1.82) is 0 Å². The van der Waals surface area contributed by atoms with Crippen LogP contribution in [0, 0.1) is 5.92 Å². The molecule has 27 heavy (non-hydrogen) atoms. The van der Waals surface area contributed by atoms with Crippen LogP contribution in [0.2, 0.25) is 0 Å². The van der Waals surface area contributed by atoms with Gasteiger partial charge in [-0.1, -0.05) is 24.3 Å². The van der Waals surface area contributed by atoms with E-state index >= 15 is 0 Å². The van der Waals surface area contributed by atoms with E-state index in [1.165, 1.54) is 5.56 Å². The van der Waals surface area contributed by atoms with Crippen LogP contribution in [0.4, 0.5) is 11.5 Å². The van der Waals surface area contributed by atoms with Gasteiger partial charge >= 0.3 is 0 Å². The zero-order valence-electron chi connectivity index (χ0n) is 16.0. The highest BCUT2D eigenvalue weighted by Crippen LogP contribution is 2.22. The summed E-state index contributed by atoms with van der Waals surface area (Å²) in [6.45, 7) is 3.67. The fraction of sp³-hybridized carbons (Fsp3) is 0.429. The van der Waals surface area contributed by atoms with Crippen LogP contribution in [-0.2, 0) is 11.3 Å². The topological polar surface area (TPSA) is 74.5 Å². The fourth-order valence-electron chi connectivity index (χ4n) is 3.50. The molecule has 1 atom stereocenters. The summed E-state index contributed by atoms with van der Waals surface area (Å²) < 4.78 is 0. The number of rotatable bonds is 7. The molecule has 0 bridgehead atoms. The number of piperidine rings is 1. The quantitative estimate of drug-likeness (QED) is 0.784. The van der Waals surface area contributed by atoms with Gasteiger partial charge in [-0.05, 0) is 43.1 Å². The van der Waals surface area contributed by atoms with Crippen molar-refractivity contribution in [2.45, 2.75) is 19.4 Å². The fourth-order valence-corrected chi connectivity index (χ4v) is 3.50. The lowest BCUT2D eigenvalue weighted by Gasteiger charge is -2.32. The van der Waals surface area contributed by atoms with Gasteiger partial charge in [-0.2, -0.15) is 0 Å². The molecular weight excluding hydrogens is 338 g/mol. The van der Waals surface area contributed by atoms with Gasteiger partial charge in [0.05, 0.1) is 5.92 Å². The highest BCUT2D eigenvalue weighted by Gasteiger charge is 2.25. The first-order chi connectivity index (χ1) is 13.2. The predicted molar refractivity (Wildman–Crippen MR) is 109 cm³/mol. The van der Waals surface area contributed by atoms with Crippen molar-refractivity contribution in [3.8, 4) is 0 Å². The Balaban J connectivity index is 1.57. The number of amides is 1. The van der Waals surface area contributed by atoms with E-state index in [0.29, 0.717) is 13.1 Å². The van der Waals surface area contributed by atoms with Crippen LogP contribution in [0.1, 0.15) is 18.4 Å². The van der Waals surface area contributed by atoms with E-state index in [4.69, 9.17) is 5.73 Å². The van der Waals surface area contributed by atoms with E-state index in [-0.39, 0.29) is 11.8 Å². The van der Waals surface area contributed by atoms with Crippen molar-refractivity contribution < 1.29 is 4.79 Å². The molecule has 6 heteroatoms. The molecular formula is C21H29N5O. The number of benzene rings is 1. The first-order valence-electron chi connectivity index (χ1n) is 9.61. The molecule has 3 N–H and O–H groups in total. The Hall–Kier alpha value is -2.44. The third kappa shape index (κ3) is 5.28. The Morgan fingerprint density at radius 2 is 2.11 bits per heavy atom. The molecule has 1 aliphatic heterocycles. The lowest BCUT2D eigenvalue weighted by Crippen LogP contribution is -2.43. The van der Waals surface area contributed by atoms with Crippen LogP contribution in [0.25, 0.3) is 0 Å². The zero-order chi connectivity index (χ0) is 19.1. The van der Waals surface area contributed by atoms with Crippen LogP contribution < -0.4 is 16.0 Å². The van der Waals surface area contributed by atoms with Crippen LogP contribution in [0.15, 0.2) is 48.7 Å². The second-order valence-corrected chi connectivity index (χ2v) is 7.07. The molecule has 1 saturated heterocycles. The molecule has 1 aromatic carbocycles. The first-order valence-corrected chi connectivity index (χ1v) is 9.61. The molecule has 0 aliphatic carbocycles. The van der Waals surface area contributed by atoms with Gasteiger partial charge in [0, 0.05) is 45.1 Å². The number of likely N-dealkylation sites (tertiary alicyclic amines) is 1. The Labute approximate surface area is 161 Å². The number of anilines is 2. The Morgan fingerprint density at radius 1 is 1.30 bits per heavy atom. The lowest BCUT2D eigenvalue weighted by atomic mass is 9.97. The van der Waals surface area contributed by atoms with E-state index < -0.39 is 0 Å². The van der Waals surface area contributed by atoms with Gasteiger partial charge in [-0.25, -0.2) is 4.98 Å². The number of carbonyl (C=O) groups is 1. The molecule has 0 radical (unpaired) electrons. The van der Waals surface area contributed by atoms with Gasteiger partial charge in [-0.3, -0.25) is 9.69 Å². The standard InChI is InChI=1S/C21H29N5O/c1-25(19-7-3-2-4-8-19)20-10-9-17(14-24-20)15-26-13-5-6-18(16-26)21(27)23-12-11-22/h2-4,7-10,14,18H,5-6,11-13,15-16,22H2,1H3,(H,23,27). The molecule has 1 amide bonds. The Bertz CT molecular complexity index is 719. The second kappa shape index (κ2) is 9.48. The lowest BCUT2D eigenvalue weighted by molar-refractivity contribution is -0.126. The molecule has 2 heterocycles. The summed E-state index contributed by atoms with van der Waals surface area (Å²) in [5, 5.41) is 2.91. The minimum Gasteiger partial charge on any atom is -0.355 e. The molecule has 6 nitrogen and oxygen atoms in total. The first kappa shape index (κ1) is 19.3. The van der Waals surface area contributed by atoms with Crippen molar-refractivity contribution in [2.24, 2.45) is 11.7 Å². The number of nitrogens with one attached hydrogen (secondary N) is 1. The van der Waals surface area contributed by atoms with E-state index in [1.54, 1.807) is 0 Å². The van der Waals surface area contributed by atoms with Crippen molar-refractivity contribution >= 4 is 17.4 Å². The summed E-state index contributed by atoms with van der Waals surface area (Å²) >= 11 is 0. The molecule has 1 fully saturated rings. The zero-order valence-corrected chi connectivity index (χ0v) is 16.0. The van der Waals surface area contributed by atoms with E-state index in [9.17, 15) is 4.79 Å². The highest BCUT2D eigenvalue weighted by molar-refractivity contribution is 5.78. The van der Waals surface area contributed by atoms with Crippen molar-refractivity contribution in [3.63, 3.8) is 0 Å². The summed E-state index contributed by atoms with van der Waals surface area (Å²) in [7, 11) is 2.02. The summed E-state index contributed by atoms with van der Waals surface area (Å²) in [4.78, 5) is 21.2. The molecule has 0 saturated carbocycles. The van der Waals surface area contributed by atoms with Gasteiger partial charge < -0.3 is 16.0 Å². The summed E-state index contributed by atoms with van der Waals surface area (Å²) in [5.74, 6) is 1.10. The average molecular weight is 367 g/mol. The number of para-hydroxylation sites is 1. The average Bonchev–Trinajstić information content (AvgIpc) is 2.73. The monoisotopic (exact) mass is 367 g/mol. The number of nitrogens with two attached hydrogens (primary N) is 1. The van der Waals surface area contributed by atoms with Gasteiger partial charge in [-0.15, -0.1) is 0 Å². The van der Waals surface area contributed by atoms with Gasteiger partial charge in [0.25, 0.3) is 0 Å². The smallest absolute Gasteiger partial charge is 0.224 e. The summed E-state index contributed by atoms with van der Waals surface area (Å²) in [6, 6.07) is 14.4. The van der Waals surface area contributed by atoms with Gasteiger partial charge in [0.1, 0.15) is 5.82 Å². The van der Waals surface area contributed by atoms with E-state index in [1.807, 2.05) is 31.4 Å². The van der Waals surface area contributed by atoms with E-state index in [0.717, 1.165) is 44.0 Å². The number of hydrogen-bond acceptors (Lipinski definition) is 5. The van der Waals surface area contributed by atoms with Crippen LogP contribution >= 0.6 is 0 Å². The Morgan fingerprint density at radius 3 is 2.81 bits per heavy atom.